The molecule has 0 radical (unpaired) electrons. The third kappa shape index (κ3) is 7.96. The van der Waals surface area contributed by atoms with Crippen molar-refractivity contribution in [3.63, 3.8) is 0 Å². The maximum absolute atomic E-state index is 14.2. The Bertz CT molecular complexity index is 1500. The highest BCUT2D eigenvalue weighted by atomic mass is 32.2. The van der Waals surface area contributed by atoms with Crippen LogP contribution >= 0.6 is 0 Å². The Balaban J connectivity index is 1.70. The van der Waals surface area contributed by atoms with Crippen molar-refractivity contribution in [2.24, 2.45) is 0 Å². The number of rotatable bonds is 12. The minimum atomic E-state index is -4.12. The van der Waals surface area contributed by atoms with Gasteiger partial charge in [0.1, 0.15) is 18.3 Å². The first kappa shape index (κ1) is 32.1. The van der Waals surface area contributed by atoms with E-state index in [0.717, 1.165) is 46.7 Å². The smallest absolute Gasteiger partial charge is 0.264 e. The number of nitrogens with one attached hydrogen (secondary N) is 1. The van der Waals surface area contributed by atoms with Gasteiger partial charge in [-0.3, -0.25) is 13.9 Å². The summed E-state index contributed by atoms with van der Waals surface area (Å²) in [5, 5.41) is 3.10. The van der Waals surface area contributed by atoms with Crippen LogP contribution in [0.15, 0.2) is 77.7 Å². The number of sulfonamides is 1. The van der Waals surface area contributed by atoms with Crippen LogP contribution in [-0.2, 0) is 26.2 Å². The van der Waals surface area contributed by atoms with Gasteiger partial charge in [-0.05, 0) is 80.1 Å². The number of carbonyl (C=O) groups is 2. The summed E-state index contributed by atoms with van der Waals surface area (Å²) < 4.78 is 34.6. The largest absolute Gasteiger partial charge is 0.497 e. The average molecular weight is 606 g/mol. The molecule has 1 aliphatic rings. The Morgan fingerprint density at radius 2 is 1.60 bits per heavy atom. The fourth-order valence-electron chi connectivity index (χ4n) is 5.33. The van der Waals surface area contributed by atoms with E-state index >= 15 is 0 Å². The van der Waals surface area contributed by atoms with Crippen molar-refractivity contribution in [1.82, 2.24) is 10.2 Å². The molecular weight excluding hydrogens is 562 g/mol. The van der Waals surface area contributed by atoms with Gasteiger partial charge in [0.05, 0.1) is 17.7 Å². The number of hydrogen-bond donors (Lipinski definition) is 1. The number of benzene rings is 3. The lowest BCUT2D eigenvalue weighted by molar-refractivity contribution is -0.139. The summed E-state index contributed by atoms with van der Waals surface area (Å²) in [5.41, 5.74) is 3.12. The quantitative estimate of drug-likeness (QED) is 0.282. The second-order valence-electron chi connectivity index (χ2n) is 11.6. The summed E-state index contributed by atoms with van der Waals surface area (Å²) >= 11 is 0. The van der Waals surface area contributed by atoms with E-state index in [4.69, 9.17) is 4.74 Å². The van der Waals surface area contributed by atoms with Crippen molar-refractivity contribution in [1.29, 1.82) is 0 Å². The topological polar surface area (TPSA) is 96.0 Å². The van der Waals surface area contributed by atoms with E-state index in [1.807, 2.05) is 43.3 Å². The second-order valence-corrected chi connectivity index (χ2v) is 13.5. The van der Waals surface area contributed by atoms with Crippen molar-refractivity contribution in [2.75, 3.05) is 18.0 Å². The Hall–Kier alpha value is -3.85. The van der Waals surface area contributed by atoms with Gasteiger partial charge in [0.15, 0.2) is 0 Å². The van der Waals surface area contributed by atoms with E-state index in [2.05, 4.69) is 19.2 Å². The molecule has 3 aromatic rings. The van der Waals surface area contributed by atoms with E-state index in [-0.39, 0.29) is 29.3 Å². The zero-order chi connectivity index (χ0) is 31.1. The second kappa shape index (κ2) is 14.1. The number of hydrogen-bond acceptors (Lipinski definition) is 5. The van der Waals surface area contributed by atoms with E-state index in [1.54, 1.807) is 50.4 Å². The van der Waals surface area contributed by atoms with Gasteiger partial charge in [0, 0.05) is 12.6 Å². The lowest BCUT2D eigenvalue weighted by Crippen LogP contribution is -2.52. The van der Waals surface area contributed by atoms with Crippen LogP contribution in [0.25, 0.3) is 0 Å². The maximum atomic E-state index is 14.2. The number of nitrogens with zero attached hydrogens (tertiary/aromatic N) is 2. The maximum Gasteiger partial charge on any atom is 0.264 e. The Kier molecular flexibility index (Phi) is 10.5. The summed E-state index contributed by atoms with van der Waals surface area (Å²) in [6, 6.07) is 20.4. The van der Waals surface area contributed by atoms with E-state index in [9.17, 15) is 18.0 Å². The molecule has 3 aromatic carbocycles. The van der Waals surface area contributed by atoms with Gasteiger partial charge in [0.2, 0.25) is 11.8 Å². The SMILES string of the molecule is COc1cccc(CN(C(=O)CN(c2ccc(C(C)C)cc2)S(=O)(=O)c2ccc(C)cc2)[C@H](C)C(=O)NC2CCCC2)c1. The van der Waals surface area contributed by atoms with Crippen LogP contribution in [0.1, 0.15) is 69.1 Å². The number of ether oxygens (including phenoxy) is 1. The average Bonchev–Trinajstić information content (AvgIpc) is 3.51. The highest BCUT2D eigenvalue weighted by Gasteiger charge is 2.33. The molecule has 2 amide bonds. The molecule has 0 spiro atoms. The van der Waals surface area contributed by atoms with Crippen molar-refractivity contribution < 1.29 is 22.7 Å². The van der Waals surface area contributed by atoms with Crippen molar-refractivity contribution in [3.05, 3.63) is 89.5 Å². The zero-order valence-electron chi connectivity index (χ0n) is 25.7. The third-order valence-corrected chi connectivity index (χ3v) is 9.88. The number of carbonyl (C=O) groups excluding carboxylic acids is 2. The van der Waals surface area contributed by atoms with Crippen LogP contribution in [-0.4, -0.2) is 50.9 Å². The van der Waals surface area contributed by atoms with Gasteiger partial charge in [-0.25, -0.2) is 8.42 Å². The first-order chi connectivity index (χ1) is 20.5. The number of anilines is 1. The van der Waals surface area contributed by atoms with Crippen molar-refractivity contribution in [3.8, 4) is 5.75 Å². The van der Waals surface area contributed by atoms with Crippen molar-refractivity contribution >= 4 is 27.5 Å². The van der Waals surface area contributed by atoms with Crippen LogP contribution in [0.3, 0.4) is 0 Å². The molecule has 8 nitrogen and oxygen atoms in total. The molecule has 0 unspecified atom stereocenters. The highest BCUT2D eigenvalue weighted by molar-refractivity contribution is 7.92. The van der Waals surface area contributed by atoms with E-state index in [0.29, 0.717) is 11.4 Å². The molecule has 0 saturated heterocycles. The molecule has 1 atom stereocenters. The molecule has 1 N–H and O–H groups in total. The predicted octanol–water partition coefficient (Wildman–Crippen LogP) is 5.80. The number of aryl methyl sites for hydroxylation is 1. The minimum Gasteiger partial charge on any atom is -0.497 e. The van der Waals surface area contributed by atoms with Crippen LogP contribution < -0.4 is 14.4 Å². The Labute approximate surface area is 256 Å². The number of methoxy groups -OCH3 is 1. The fourth-order valence-corrected chi connectivity index (χ4v) is 6.75. The minimum absolute atomic E-state index is 0.0848. The highest BCUT2D eigenvalue weighted by Crippen LogP contribution is 2.27. The fraction of sp³-hybridized carbons (Fsp3) is 0.412. The molecule has 1 aliphatic carbocycles. The first-order valence-corrected chi connectivity index (χ1v) is 16.4. The Morgan fingerprint density at radius 1 is 0.953 bits per heavy atom. The van der Waals surface area contributed by atoms with Gasteiger partial charge < -0.3 is 15.0 Å². The molecule has 1 fully saturated rings. The first-order valence-electron chi connectivity index (χ1n) is 14.9. The van der Waals surface area contributed by atoms with E-state index < -0.39 is 28.5 Å². The molecule has 0 bridgehead atoms. The number of amides is 2. The summed E-state index contributed by atoms with van der Waals surface area (Å²) in [6.45, 7) is 7.35. The van der Waals surface area contributed by atoms with E-state index in [1.165, 1.54) is 4.90 Å². The van der Waals surface area contributed by atoms with Crippen LogP contribution in [0, 0.1) is 6.92 Å². The molecule has 1 saturated carbocycles. The lowest BCUT2D eigenvalue weighted by Gasteiger charge is -2.32. The molecular formula is C34H43N3O5S. The van der Waals surface area contributed by atoms with Crippen molar-refractivity contribution in [2.45, 2.75) is 82.8 Å². The van der Waals surface area contributed by atoms with Gasteiger partial charge in [-0.15, -0.1) is 0 Å². The molecule has 230 valence electrons. The standard InChI is InChI=1S/C34H43N3O5S/c1-24(2)28-15-17-30(18-16-28)37(43(40,41)32-19-13-25(3)14-20-32)23-33(38)36(22-27-9-8-12-31(21-27)42-5)26(4)34(39)35-29-10-6-7-11-29/h8-9,12-21,24,26,29H,6-7,10-11,22-23H2,1-5H3,(H,35,39)/t26-/m1/s1. The van der Waals surface area contributed by atoms with Crippen LogP contribution in [0.2, 0.25) is 0 Å². The summed E-state index contributed by atoms with van der Waals surface area (Å²) in [4.78, 5) is 29.1. The predicted molar refractivity (Wildman–Crippen MR) is 170 cm³/mol. The van der Waals surface area contributed by atoms with Gasteiger partial charge >= 0.3 is 0 Å². The molecule has 9 heteroatoms. The molecule has 4 rings (SSSR count). The van der Waals surface area contributed by atoms with Crippen LogP contribution in [0.5, 0.6) is 5.75 Å². The summed E-state index contributed by atoms with van der Waals surface area (Å²) in [7, 11) is -2.55. The normalized spacial score (nSPS) is 14.4. The van der Waals surface area contributed by atoms with Gasteiger partial charge in [-0.1, -0.05) is 68.7 Å². The lowest BCUT2D eigenvalue weighted by atomic mass is 10.0. The zero-order valence-corrected chi connectivity index (χ0v) is 26.6. The molecule has 0 heterocycles. The molecule has 0 aliphatic heterocycles. The Morgan fingerprint density at radius 3 is 2.21 bits per heavy atom. The monoisotopic (exact) mass is 605 g/mol. The summed E-state index contributed by atoms with van der Waals surface area (Å²) in [6.07, 6.45) is 3.95. The molecule has 43 heavy (non-hydrogen) atoms. The third-order valence-electron chi connectivity index (χ3n) is 8.09. The van der Waals surface area contributed by atoms with Crippen LogP contribution in [0.4, 0.5) is 5.69 Å². The van der Waals surface area contributed by atoms with Gasteiger partial charge in [-0.2, -0.15) is 0 Å². The molecule has 0 aromatic heterocycles. The summed E-state index contributed by atoms with van der Waals surface area (Å²) in [5.74, 6) is 0.148. The van der Waals surface area contributed by atoms with Gasteiger partial charge in [0.25, 0.3) is 10.0 Å².